The monoisotopic (exact) mass is 172 g/mol. The maximum absolute atomic E-state index is 10.4. The highest BCUT2D eigenvalue weighted by atomic mass is 16.3. The van der Waals surface area contributed by atoms with Crippen molar-refractivity contribution in [1.82, 2.24) is 4.98 Å². The Kier molecular flexibility index (Phi) is 2.23. The first kappa shape index (κ1) is 8.20. The van der Waals surface area contributed by atoms with E-state index in [0.29, 0.717) is 6.42 Å². The highest BCUT2D eigenvalue weighted by molar-refractivity contribution is 5.81. The van der Waals surface area contributed by atoms with Crippen LogP contribution in [0.1, 0.15) is 5.69 Å². The zero-order valence-corrected chi connectivity index (χ0v) is 7.23. The molecule has 1 aromatic carbocycles. The number of aromatic nitrogens is 1. The summed E-state index contributed by atoms with van der Waals surface area (Å²) in [6.07, 6.45) is 2.34. The van der Waals surface area contributed by atoms with Crippen LogP contribution in [-0.4, -0.2) is 11.6 Å². The molecule has 2 nitrogen and oxygen atoms in total. The average Bonchev–Trinajstić information content (AvgIpc) is 2.18. The van der Waals surface area contributed by atoms with Gasteiger partial charge in [0.1, 0.15) is 0 Å². The predicted molar refractivity (Wildman–Crippen MR) is 51.0 cm³/mol. The van der Waals surface area contributed by atoms with Crippen molar-refractivity contribution in [3.8, 4) is 0 Å². The van der Waals surface area contributed by atoms with Crippen molar-refractivity contribution >= 4 is 10.8 Å². The smallest absolute Gasteiger partial charge is 0.0877 e. The number of hydrogen-bond acceptors (Lipinski definition) is 1. The van der Waals surface area contributed by atoms with Gasteiger partial charge >= 0.3 is 0 Å². The van der Waals surface area contributed by atoms with E-state index in [1.165, 1.54) is 0 Å². The van der Waals surface area contributed by atoms with Crippen molar-refractivity contribution in [1.29, 1.82) is 0 Å². The molecule has 0 bridgehead atoms. The summed E-state index contributed by atoms with van der Waals surface area (Å²) in [4.78, 5) is 4.20. The lowest BCUT2D eigenvalue weighted by Crippen LogP contribution is -1.92. The lowest BCUT2D eigenvalue weighted by atomic mass is 10.1. The zero-order chi connectivity index (χ0) is 9.10. The van der Waals surface area contributed by atoms with Crippen LogP contribution in [0.4, 0.5) is 0 Å². The van der Waals surface area contributed by atoms with Crippen molar-refractivity contribution in [2.45, 2.75) is 6.42 Å². The molecule has 1 radical (unpaired) electrons. The first-order valence-corrected chi connectivity index (χ1v) is 4.32. The third kappa shape index (κ3) is 1.68. The van der Waals surface area contributed by atoms with Gasteiger partial charge in [-0.1, -0.05) is 24.3 Å². The Hall–Kier alpha value is -1.41. The molecule has 65 valence electrons. The van der Waals surface area contributed by atoms with E-state index in [-0.39, 0.29) is 6.61 Å². The Morgan fingerprint density at radius 2 is 1.92 bits per heavy atom. The molecular weight excluding hydrogens is 162 g/mol. The highest BCUT2D eigenvalue weighted by Gasteiger charge is 1.96. The fourth-order valence-electron chi connectivity index (χ4n) is 1.37. The summed E-state index contributed by atoms with van der Waals surface area (Å²) in [5, 5.41) is 12.7. The number of hydrogen-bond donors (Lipinski definition) is 0. The van der Waals surface area contributed by atoms with Gasteiger partial charge < -0.3 is 0 Å². The minimum atomic E-state index is -0.0919. The number of rotatable bonds is 2. The van der Waals surface area contributed by atoms with Crippen LogP contribution in [0.15, 0.2) is 36.5 Å². The van der Waals surface area contributed by atoms with Crippen molar-refractivity contribution in [2.24, 2.45) is 0 Å². The van der Waals surface area contributed by atoms with E-state index in [4.69, 9.17) is 0 Å². The molecule has 0 N–H and O–H groups in total. The maximum atomic E-state index is 10.4. The van der Waals surface area contributed by atoms with Crippen molar-refractivity contribution < 1.29 is 5.11 Å². The van der Waals surface area contributed by atoms with E-state index < -0.39 is 0 Å². The van der Waals surface area contributed by atoms with Gasteiger partial charge in [-0.25, -0.2) is 5.11 Å². The van der Waals surface area contributed by atoms with Gasteiger partial charge in [0.15, 0.2) is 0 Å². The van der Waals surface area contributed by atoms with E-state index in [1.807, 2.05) is 36.5 Å². The Bertz CT molecular complexity index is 412. The molecule has 1 aromatic heterocycles. The molecule has 0 aliphatic carbocycles. The normalized spacial score (nSPS) is 10.5. The second kappa shape index (κ2) is 3.54. The lowest BCUT2D eigenvalue weighted by Gasteiger charge is -1.99. The number of fused-ring (bicyclic) bond motifs is 1. The summed E-state index contributed by atoms with van der Waals surface area (Å²) < 4.78 is 0. The maximum Gasteiger partial charge on any atom is 0.0877 e. The summed E-state index contributed by atoms with van der Waals surface area (Å²) in [5.74, 6) is 0. The first-order valence-electron chi connectivity index (χ1n) is 4.32. The van der Waals surface area contributed by atoms with Gasteiger partial charge in [-0.05, 0) is 11.5 Å². The summed E-state index contributed by atoms with van der Waals surface area (Å²) >= 11 is 0. The number of pyridine rings is 1. The fourth-order valence-corrected chi connectivity index (χ4v) is 1.37. The predicted octanol–water partition coefficient (Wildman–Crippen LogP) is 2.21. The Morgan fingerprint density at radius 1 is 1.15 bits per heavy atom. The molecule has 0 unspecified atom stereocenters. The van der Waals surface area contributed by atoms with Crippen molar-refractivity contribution in [3.05, 3.63) is 42.2 Å². The molecule has 2 rings (SSSR count). The molecule has 13 heavy (non-hydrogen) atoms. The third-order valence-electron chi connectivity index (χ3n) is 2.05. The van der Waals surface area contributed by atoms with Gasteiger partial charge in [0, 0.05) is 23.7 Å². The van der Waals surface area contributed by atoms with Crippen LogP contribution in [0.5, 0.6) is 0 Å². The van der Waals surface area contributed by atoms with Gasteiger partial charge in [0.2, 0.25) is 0 Å². The van der Waals surface area contributed by atoms with Gasteiger partial charge in [-0.15, -0.1) is 0 Å². The van der Waals surface area contributed by atoms with Crippen LogP contribution in [0.2, 0.25) is 0 Å². The Morgan fingerprint density at radius 3 is 2.69 bits per heavy atom. The molecule has 0 saturated heterocycles. The molecule has 0 atom stereocenters. The van der Waals surface area contributed by atoms with Crippen LogP contribution in [0, 0.1) is 0 Å². The van der Waals surface area contributed by atoms with E-state index >= 15 is 0 Å². The molecule has 2 aromatic rings. The zero-order valence-electron chi connectivity index (χ0n) is 7.23. The van der Waals surface area contributed by atoms with Gasteiger partial charge in [0.25, 0.3) is 0 Å². The molecule has 0 saturated carbocycles. The molecule has 2 heteroatoms. The average molecular weight is 172 g/mol. The van der Waals surface area contributed by atoms with Gasteiger partial charge in [0.05, 0.1) is 6.61 Å². The molecule has 0 amide bonds. The highest BCUT2D eigenvalue weighted by Crippen LogP contribution is 2.13. The third-order valence-corrected chi connectivity index (χ3v) is 2.05. The Labute approximate surface area is 76.9 Å². The SMILES string of the molecule is [O]CCc1cc2ccccc2cn1. The Balaban J connectivity index is 2.49. The van der Waals surface area contributed by atoms with Crippen LogP contribution >= 0.6 is 0 Å². The van der Waals surface area contributed by atoms with Crippen LogP contribution in [0.3, 0.4) is 0 Å². The standard InChI is InChI=1S/C11H10NO/c13-6-5-11-7-9-3-1-2-4-10(9)8-12-11/h1-4,7-8H,5-6H2. The molecular formula is C11H10NO. The molecule has 1 heterocycles. The summed E-state index contributed by atoms with van der Waals surface area (Å²) in [5.41, 5.74) is 0.883. The van der Waals surface area contributed by atoms with Crippen LogP contribution in [-0.2, 0) is 11.5 Å². The largest absolute Gasteiger partial charge is 0.261 e. The fraction of sp³-hybridized carbons (Fsp3) is 0.182. The second-order valence-corrected chi connectivity index (χ2v) is 2.98. The van der Waals surface area contributed by atoms with E-state index in [0.717, 1.165) is 16.5 Å². The van der Waals surface area contributed by atoms with E-state index in [1.54, 1.807) is 0 Å². The summed E-state index contributed by atoms with van der Waals surface area (Å²) in [6.45, 7) is -0.0919. The molecule has 0 aliphatic rings. The molecule has 0 spiro atoms. The lowest BCUT2D eigenvalue weighted by molar-refractivity contribution is 0.196. The van der Waals surface area contributed by atoms with Crippen molar-refractivity contribution in [2.75, 3.05) is 6.61 Å². The van der Waals surface area contributed by atoms with Gasteiger partial charge in [-0.2, -0.15) is 0 Å². The molecule has 0 aliphatic heterocycles. The summed E-state index contributed by atoms with van der Waals surface area (Å²) in [6, 6.07) is 10.0. The van der Waals surface area contributed by atoms with Crippen LogP contribution in [0.25, 0.3) is 10.8 Å². The van der Waals surface area contributed by atoms with Crippen LogP contribution < -0.4 is 0 Å². The first-order chi connectivity index (χ1) is 6.40. The van der Waals surface area contributed by atoms with Gasteiger partial charge in [-0.3, -0.25) is 4.98 Å². The minimum Gasteiger partial charge on any atom is -0.261 e. The topological polar surface area (TPSA) is 32.8 Å². The number of benzene rings is 1. The van der Waals surface area contributed by atoms with Crippen molar-refractivity contribution in [3.63, 3.8) is 0 Å². The number of nitrogens with zero attached hydrogens (tertiary/aromatic N) is 1. The van der Waals surface area contributed by atoms with E-state index in [2.05, 4.69) is 4.98 Å². The second-order valence-electron chi connectivity index (χ2n) is 2.98. The minimum absolute atomic E-state index is 0.0919. The van der Waals surface area contributed by atoms with E-state index in [9.17, 15) is 5.11 Å². The summed E-state index contributed by atoms with van der Waals surface area (Å²) in [7, 11) is 0. The molecule has 0 fully saturated rings. The quantitative estimate of drug-likeness (QED) is 0.683.